The fourth-order valence-electron chi connectivity index (χ4n) is 4.03. The van der Waals surface area contributed by atoms with Crippen LogP contribution >= 0.6 is 11.8 Å². The van der Waals surface area contributed by atoms with Gasteiger partial charge in [-0.1, -0.05) is 30.0 Å². The van der Waals surface area contributed by atoms with E-state index in [1.165, 1.54) is 23.4 Å². The fraction of sp³-hybridized carbons (Fsp3) is 0.148. The number of anilines is 1. The number of rotatable bonds is 8. The van der Waals surface area contributed by atoms with Crippen molar-refractivity contribution in [1.29, 1.82) is 0 Å². The van der Waals surface area contributed by atoms with Crippen molar-refractivity contribution in [1.82, 2.24) is 14.5 Å². The third-order valence-corrected chi connectivity index (χ3v) is 6.78. The molecule has 2 heterocycles. The van der Waals surface area contributed by atoms with Gasteiger partial charge in [-0.15, -0.1) is 0 Å². The molecule has 5 rings (SSSR count). The van der Waals surface area contributed by atoms with E-state index >= 15 is 0 Å². The topological polar surface area (TPSA) is 107 Å². The molecule has 1 amide bonds. The molecular formula is C27H24N4O5S. The highest BCUT2D eigenvalue weighted by molar-refractivity contribution is 7.99. The van der Waals surface area contributed by atoms with Gasteiger partial charge >= 0.3 is 0 Å². The number of aromatic amines is 1. The first-order valence-electron chi connectivity index (χ1n) is 11.3. The van der Waals surface area contributed by atoms with Crippen LogP contribution in [0.3, 0.4) is 0 Å². The molecule has 10 heteroatoms. The Labute approximate surface area is 216 Å². The van der Waals surface area contributed by atoms with Crippen molar-refractivity contribution in [3.8, 4) is 22.9 Å². The number of hydrogen-bond donors (Lipinski definition) is 2. The average Bonchev–Trinajstić information content (AvgIpc) is 3.31. The summed E-state index contributed by atoms with van der Waals surface area (Å²) in [5.41, 5.74) is 2.60. The number of benzene rings is 3. The van der Waals surface area contributed by atoms with Gasteiger partial charge in [0.1, 0.15) is 28.3 Å². The van der Waals surface area contributed by atoms with Crippen LogP contribution in [0.5, 0.6) is 17.2 Å². The number of nitrogens with zero attached hydrogens (tertiary/aromatic N) is 2. The molecule has 0 aliphatic carbocycles. The third-order valence-electron chi connectivity index (χ3n) is 5.84. The molecular weight excluding hydrogens is 492 g/mol. The van der Waals surface area contributed by atoms with E-state index in [1.807, 2.05) is 24.3 Å². The highest BCUT2D eigenvalue weighted by atomic mass is 32.2. The second-order valence-corrected chi connectivity index (χ2v) is 8.97. The van der Waals surface area contributed by atoms with Crippen LogP contribution in [0.1, 0.15) is 0 Å². The molecule has 0 spiro atoms. The molecule has 0 aliphatic rings. The van der Waals surface area contributed by atoms with E-state index in [4.69, 9.17) is 19.2 Å². The lowest BCUT2D eigenvalue weighted by Gasteiger charge is -2.14. The predicted octanol–water partition coefficient (Wildman–Crippen LogP) is 4.62. The quantitative estimate of drug-likeness (QED) is 0.229. The van der Waals surface area contributed by atoms with E-state index in [1.54, 1.807) is 56.7 Å². The smallest absolute Gasteiger partial charge is 0.283 e. The van der Waals surface area contributed by atoms with Crippen LogP contribution in [0.4, 0.5) is 5.69 Å². The number of H-pyrrole nitrogens is 1. The lowest BCUT2D eigenvalue weighted by Crippen LogP contribution is -2.23. The first-order valence-corrected chi connectivity index (χ1v) is 12.3. The Kier molecular flexibility index (Phi) is 6.74. The molecule has 0 atom stereocenters. The Bertz CT molecular complexity index is 1660. The number of thioether (sulfide) groups is 1. The Hall–Kier alpha value is -4.44. The molecule has 3 aromatic carbocycles. The van der Waals surface area contributed by atoms with Gasteiger partial charge in [-0.25, -0.2) is 4.98 Å². The molecule has 0 aliphatic heterocycles. The second-order valence-electron chi connectivity index (χ2n) is 8.03. The number of carbonyl (C=O) groups is 1. The zero-order valence-corrected chi connectivity index (χ0v) is 21.2. The van der Waals surface area contributed by atoms with Gasteiger partial charge in [-0.2, -0.15) is 0 Å². The first-order chi connectivity index (χ1) is 18.0. The molecule has 2 aromatic heterocycles. The molecule has 9 nitrogen and oxygen atoms in total. The Morgan fingerprint density at radius 3 is 2.43 bits per heavy atom. The van der Waals surface area contributed by atoms with Crippen molar-refractivity contribution >= 4 is 45.3 Å². The summed E-state index contributed by atoms with van der Waals surface area (Å²) < 4.78 is 17.4. The van der Waals surface area contributed by atoms with E-state index < -0.39 is 0 Å². The van der Waals surface area contributed by atoms with E-state index in [0.717, 1.165) is 10.9 Å². The summed E-state index contributed by atoms with van der Waals surface area (Å²) in [5.74, 6) is 1.48. The van der Waals surface area contributed by atoms with Gasteiger partial charge in [0, 0.05) is 17.0 Å². The maximum atomic E-state index is 13.7. The van der Waals surface area contributed by atoms with E-state index in [9.17, 15) is 9.59 Å². The SMILES string of the molecule is COc1ccc(-n2c(SCC(=O)Nc3cc(OC)ccc3OC)nc3c([nH]c4ccccc43)c2=O)cc1. The summed E-state index contributed by atoms with van der Waals surface area (Å²) in [4.78, 5) is 34.6. The minimum absolute atomic E-state index is 0.0107. The second kappa shape index (κ2) is 10.3. The van der Waals surface area contributed by atoms with E-state index in [2.05, 4.69) is 10.3 Å². The van der Waals surface area contributed by atoms with Gasteiger partial charge in [0.25, 0.3) is 5.56 Å². The minimum atomic E-state index is -0.286. The van der Waals surface area contributed by atoms with Crippen molar-refractivity contribution in [3.63, 3.8) is 0 Å². The molecule has 0 fully saturated rings. The maximum absolute atomic E-state index is 13.7. The van der Waals surface area contributed by atoms with E-state index in [-0.39, 0.29) is 17.2 Å². The van der Waals surface area contributed by atoms with Crippen molar-refractivity contribution in [2.45, 2.75) is 5.16 Å². The van der Waals surface area contributed by atoms with E-state index in [0.29, 0.717) is 44.8 Å². The van der Waals surface area contributed by atoms with Gasteiger partial charge in [-0.3, -0.25) is 14.2 Å². The van der Waals surface area contributed by atoms with Crippen molar-refractivity contribution < 1.29 is 19.0 Å². The maximum Gasteiger partial charge on any atom is 0.283 e. The van der Waals surface area contributed by atoms with Crippen LogP contribution in [0, 0.1) is 0 Å². The first kappa shape index (κ1) is 24.3. The van der Waals surface area contributed by atoms with Crippen molar-refractivity contribution in [2.24, 2.45) is 0 Å². The summed E-state index contributed by atoms with van der Waals surface area (Å²) >= 11 is 1.17. The summed E-state index contributed by atoms with van der Waals surface area (Å²) in [6.45, 7) is 0. The van der Waals surface area contributed by atoms with Gasteiger partial charge in [0.05, 0.1) is 38.5 Å². The molecule has 5 aromatic rings. The van der Waals surface area contributed by atoms with Crippen LogP contribution in [-0.2, 0) is 4.79 Å². The van der Waals surface area contributed by atoms with Gasteiger partial charge in [0.15, 0.2) is 5.16 Å². The van der Waals surface area contributed by atoms with Crippen molar-refractivity contribution in [2.75, 3.05) is 32.4 Å². The highest BCUT2D eigenvalue weighted by Crippen LogP contribution is 2.30. The Morgan fingerprint density at radius 1 is 0.973 bits per heavy atom. The zero-order chi connectivity index (χ0) is 25.9. The number of amides is 1. The number of hydrogen-bond acceptors (Lipinski definition) is 7. The number of ether oxygens (including phenoxy) is 3. The summed E-state index contributed by atoms with van der Waals surface area (Å²) in [5, 5.41) is 4.08. The van der Waals surface area contributed by atoms with Crippen LogP contribution in [0.25, 0.3) is 27.6 Å². The zero-order valence-electron chi connectivity index (χ0n) is 20.4. The predicted molar refractivity (Wildman–Crippen MR) is 145 cm³/mol. The number of aromatic nitrogens is 3. The third kappa shape index (κ3) is 4.70. The van der Waals surface area contributed by atoms with Gasteiger partial charge in [-0.05, 0) is 42.5 Å². The Balaban J connectivity index is 1.53. The van der Waals surface area contributed by atoms with Gasteiger partial charge < -0.3 is 24.5 Å². The standard InChI is InChI=1S/C27H24N4O5S/c1-34-17-10-8-16(9-11-17)31-26(33)25-24(19-6-4-5-7-20(19)29-25)30-27(31)37-15-23(32)28-21-14-18(35-2)12-13-22(21)36-3/h4-14,29H,15H2,1-3H3,(H,28,32). The number of para-hydroxylation sites is 1. The van der Waals surface area contributed by atoms with Crippen LogP contribution in [0.2, 0.25) is 0 Å². The number of fused-ring (bicyclic) bond motifs is 3. The van der Waals surface area contributed by atoms with Crippen LogP contribution in [0.15, 0.2) is 76.7 Å². The molecule has 2 N–H and O–H groups in total. The number of methoxy groups -OCH3 is 3. The van der Waals surface area contributed by atoms with Crippen LogP contribution in [-0.4, -0.2) is 47.5 Å². The largest absolute Gasteiger partial charge is 0.497 e. The number of nitrogens with one attached hydrogen (secondary N) is 2. The summed E-state index contributed by atoms with van der Waals surface area (Å²) in [7, 11) is 4.66. The molecule has 188 valence electrons. The van der Waals surface area contributed by atoms with Gasteiger partial charge in [0.2, 0.25) is 5.91 Å². The summed E-state index contributed by atoms with van der Waals surface area (Å²) in [6.07, 6.45) is 0. The molecule has 0 saturated heterocycles. The highest BCUT2D eigenvalue weighted by Gasteiger charge is 2.19. The lowest BCUT2D eigenvalue weighted by molar-refractivity contribution is -0.113. The molecule has 0 unspecified atom stereocenters. The molecule has 37 heavy (non-hydrogen) atoms. The molecule has 0 radical (unpaired) electrons. The molecule has 0 bridgehead atoms. The van der Waals surface area contributed by atoms with Crippen molar-refractivity contribution in [3.05, 3.63) is 77.1 Å². The summed E-state index contributed by atoms with van der Waals surface area (Å²) in [6, 6.07) is 19.9. The Morgan fingerprint density at radius 2 is 1.70 bits per heavy atom. The molecule has 0 saturated carbocycles. The monoisotopic (exact) mass is 516 g/mol. The normalized spacial score (nSPS) is 11.0. The average molecular weight is 517 g/mol. The fourth-order valence-corrected chi connectivity index (χ4v) is 4.83. The minimum Gasteiger partial charge on any atom is -0.497 e. The number of carbonyl (C=O) groups excluding carboxylic acids is 1. The lowest BCUT2D eigenvalue weighted by atomic mass is 10.2. The van der Waals surface area contributed by atoms with Crippen LogP contribution < -0.4 is 25.1 Å².